The Morgan fingerprint density at radius 3 is 2.78 bits per heavy atom. The fourth-order valence-electron chi connectivity index (χ4n) is 1.56. The lowest BCUT2D eigenvalue weighted by Gasteiger charge is -1.99. The van der Waals surface area contributed by atoms with Gasteiger partial charge in [0, 0.05) is 17.7 Å². The Hall–Kier alpha value is -2.55. The number of carbonyl (C=O) groups excluding carboxylic acids is 2. The maximum Gasteiger partial charge on any atom is 0.331 e. The molecule has 0 radical (unpaired) electrons. The zero-order valence-electron chi connectivity index (χ0n) is 12.1. The number of ether oxygens (including phenoxy) is 1. The molecule has 0 atom stereocenters. The van der Waals surface area contributed by atoms with Crippen molar-refractivity contribution >= 4 is 35.0 Å². The van der Waals surface area contributed by atoms with Crippen molar-refractivity contribution < 1.29 is 23.1 Å². The van der Waals surface area contributed by atoms with Crippen molar-refractivity contribution in [2.75, 3.05) is 7.11 Å². The zero-order valence-corrected chi connectivity index (χ0v) is 12.9. The zero-order chi connectivity index (χ0) is 17.0. The first-order chi connectivity index (χ1) is 10.9. The average molecular weight is 339 g/mol. The van der Waals surface area contributed by atoms with E-state index in [1.54, 1.807) is 0 Å². The number of nitrogens with one attached hydrogen (secondary N) is 1. The molecular weight excluding hydrogens is 328 g/mol. The van der Waals surface area contributed by atoms with Gasteiger partial charge in [0.1, 0.15) is 11.6 Å². The van der Waals surface area contributed by atoms with Crippen LogP contribution in [0.15, 0.2) is 33.3 Å². The number of amidine groups is 1. The highest BCUT2D eigenvalue weighted by molar-refractivity contribution is 8.18. The lowest BCUT2D eigenvalue weighted by molar-refractivity contribution is -0.135. The van der Waals surface area contributed by atoms with Crippen LogP contribution in [0.25, 0.3) is 0 Å². The SMILES string of the molecule is COC(=O)/C=C1/S/C(=N\N=Cc2cc(C)c(F)cc2F)NC1=O. The number of esters is 1. The monoisotopic (exact) mass is 339 g/mol. The highest BCUT2D eigenvalue weighted by Crippen LogP contribution is 2.23. The number of halogens is 2. The third kappa shape index (κ3) is 4.22. The number of hydrogen-bond donors (Lipinski definition) is 1. The minimum atomic E-state index is -0.772. The summed E-state index contributed by atoms with van der Waals surface area (Å²) in [5, 5.41) is 9.87. The molecule has 0 unspecified atom stereocenters. The third-order valence-corrected chi connectivity index (χ3v) is 3.62. The van der Waals surface area contributed by atoms with Crippen LogP contribution in [0.2, 0.25) is 0 Å². The van der Waals surface area contributed by atoms with Gasteiger partial charge in [0.25, 0.3) is 5.91 Å². The number of rotatable bonds is 3. The second-order valence-corrected chi connectivity index (χ2v) is 5.39. The van der Waals surface area contributed by atoms with E-state index in [2.05, 4.69) is 20.3 Å². The van der Waals surface area contributed by atoms with Crippen molar-refractivity contribution in [2.24, 2.45) is 10.2 Å². The van der Waals surface area contributed by atoms with Crippen LogP contribution in [0.5, 0.6) is 0 Å². The van der Waals surface area contributed by atoms with Crippen molar-refractivity contribution in [3.05, 3.63) is 45.9 Å². The molecule has 2 rings (SSSR count). The fourth-order valence-corrected chi connectivity index (χ4v) is 2.30. The smallest absolute Gasteiger partial charge is 0.331 e. The molecule has 1 fully saturated rings. The van der Waals surface area contributed by atoms with Crippen LogP contribution in [-0.4, -0.2) is 30.4 Å². The van der Waals surface area contributed by atoms with Gasteiger partial charge in [-0.3, -0.25) is 10.1 Å². The largest absolute Gasteiger partial charge is 0.466 e. The van der Waals surface area contributed by atoms with Gasteiger partial charge in [-0.1, -0.05) is 0 Å². The molecule has 0 aliphatic carbocycles. The van der Waals surface area contributed by atoms with E-state index < -0.39 is 23.5 Å². The normalized spacial score (nSPS) is 18.0. The number of benzene rings is 1. The first kappa shape index (κ1) is 16.8. The fraction of sp³-hybridized carbons (Fsp3) is 0.143. The molecule has 9 heteroatoms. The number of hydrogen-bond acceptors (Lipinski definition) is 6. The summed E-state index contributed by atoms with van der Waals surface area (Å²) in [7, 11) is 1.19. The van der Waals surface area contributed by atoms with Crippen molar-refractivity contribution in [3.8, 4) is 0 Å². The van der Waals surface area contributed by atoms with Gasteiger partial charge < -0.3 is 4.74 Å². The van der Waals surface area contributed by atoms with Crippen molar-refractivity contribution in [1.29, 1.82) is 0 Å². The first-order valence-corrected chi connectivity index (χ1v) is 7.08. The number of methoxy groups -OCH3 is 1. The molecule has 1 saturated heterocycles. The molecular formula is C14H11F2N3O3S. The number of thioether (sulfide) groups is 1. The molecule has 23 heavy (non-hydrogen) atoms. The molecule has 1 aliphatic rings. The summed E-state index contributed by atoms with van der Waals surface area (Å²) >= 11 is 0.890. The van der Waals surface area contributed by atoms with E-state index in [4.69, 9.17) is 0 Å². The average Bonchev–Trinajstić information content (AvgIpc) is 2.84. The van der Waals surface area contributed by atoms with Gasteiger partial charge in [0.2, 0.25) is 0 Å². The second kappa shape index (κ2) is 7.14. The van der Waals surface area contributed by atoms with Gasteiger partial charge in [-0.15, -0.1) is 5.10 Å². The second-order valence-electron chi connectivity index (χ2n) is 4.36. The molecule has 0 saturated carbocycles. The molecule has 1 heterocycles. The molecule has 1 aromatic rings. The Morgan fingerprint density at radius 2 is 2.09 bits per heavy atom. The molecule has 0 aromatic heterocycles. The molecule has 1 aromatic carbocycles. The third-order valence-electron chi connectivity index (χ3n) is 2.72. The maximum atomic E-state index is 13.5. The van der Waals surface area contributed by atoms with Crippen LogP contribution >= 0.6 is 11.8 Å². The van der Waals surface area contributed by atoms with Gasteiger partial charge in [0.05, 0.1) is 18.2 Å². The summed E-state index contributed by atoms with van der Waals surface area (Å²) in [5.41, 5.74) is 0.334. The predicted octanol–water partition coefficient (Wildman–Crippen LogP) is 1.88. The van der Waals surface area contributed by atoms with Gasteiger partial charge >= 0.3 is 5.97 Å². The van der Waals surface area contributed by atoms with Gasteiger partial charge in [-0.2, -0.15) is 5.10 Å². The van der Waals surface area contributed by atoms with Crippen LogP contribution in [0, 0.1) is 18.6 Å². The number of nitrogens with zero attached hydrogens (tertiary/aromatic N) is 2. The molecule has 1 N–H and O–H groups in total. The van der Waals surface area contributed by atoms with E-state index in [1.807, 2.05) is 0 Å². The van der Waals surface area contributed by atoms with Crippen LogP contribution < -0.4 is 5.32 Å². The Morgan fingerprint density at radius 1 is 1.35 bits per heavy atom. The standard InChI is InChI=1S/C14H11F2N3O3S/c1-7-3-8(10(16)4-9(7)15)6-17-19-14-18-13(21)11(23-14)5-12(20)22-2/h3-6H,1-2H3,(H,18,19,21)/b11-5+,17-6?. The Balaban J connectivity index is 2.13. The van der Waals surface area contributed by atoms with Gasteiger partial charge in [-0.25, -0.2) is 13.6 Å². The number of aryl methyl sites for hydroxylation is 1. The molecule has 1 aliphatic heterocycles. The summed E-state index contributed by atoms with van der Waals surface area (Å²) in [6.07, 6.45) is 2.12. The van der Waals surface area contributed by atoms with Gasteiger partial charge in [-0.05, 0) is 30.3 Å². The van der Waals surface area contributed by atoms with Crippen molar-refractivity contribution in [2.45, 2.75) is 6.92 Å². The Kier molecular flexibility index (Phi) is 5.22. The molecule has 120 valence electrons. The lowest BCUT2D eigenvalue weighted by atomic mass is 10.1. The number of amides is 1. The molecule has 0 bridgehead atoms. The summed E-state index contributed by atoms with van der Waals surface area (Å²) in [6, 6.07) is 2.05. The topological polar surface area (TPSA) is 80.1 Å². The van der Waals surface area contributed by atoms with Gasteiger partial charge in [0.15, 0.2) is 5.17 Å². The van der Waals surface area contributed by atoms with E-state index in [1.165, 1.54) is 20.1 Å². The predicted molar refractivity (Wildman–Crippen MR) is 82.0 cm³/mol. The van der Waals surface area contributed by atoms with E-state index in [0.29, 0.717) is 0 Å². The first-order valence-electron chi connectivity index (χ1n) is 6.26. The van der Waals surface area contributed by atoms with E-state index in [0.717, 1.165) is 30.1 Å². The van der Waals surface area contributed by atoms with Crippen molar-refractivity contribution in [3.63, 3.8) is 0 Å². The molecule has 0 spiro atoms. The summed E-state index contributed by atoms with van der Waals surface area (Å²) in [4.78, 5) is 22.8. The number of carbonyl (C=O) groups is 2. The highest BCUT2D eigenvalue weighted by Gasteiger charge is 2.25. The van der Waals surface area contributed by atoms with E-state index >= 15 is 0 Å². The van der Waals surface area contributed by atoms with Crippen LogP contribution in [0.1, 0.15) is 11.1 Å². The summed E-state index contributed by atoms with van der Waals surface area (Å²) < 4.78 is 31.1. The van der Waals surface area contributed by atoms with E-state index in [-0.39, 0.29) is 21.2 Å². The summed E-state index contributed by atoms with van der Waals surface area (Å²) in [5.74, 6) is -2.61. The molecule has 6 nitrogen and oxygen atoms in total. The minimum absolute atomic E-state index is 0.0629. The summed E-state index contributed by atoms with van der Waals surface area (Å²) in [6.45, 7) is 1.49. The molecule has 1 amide bonds. The Labute approximate surface area is 134 Å². The highest BCUT2D eigenvalue weighted by atomic mass is 32.2. The van der Waals surface area contributed by atoms with Crippen molar-refractivity contribution in [1.82, 2.24) is 5.32 Å². The van der Waals surface area contributed by atoms with Crippen LogP contribution in [0.4, 0.5) is 8.78 Å². The lowest BCUT2D eigenvalue weighted by Crippen LogP contribution is -2.19. The van der Waals surface area contributed by atoms with Crippen LogP contribution in [0.3, 0.4) is 0 Å². The Bertz CT molecular complexity index is 760. The van der Waals surface area contributed by atoms with Crippen LogP contribution in [-0.2, 0) is 14.3 Å². The quantitative estimate of drug-likeness (QED) is 0.395. The van der Waals surface area contributed by atoms with E-state index in [9.17, 15) is 18.4 Å². The minimum Gasteiger partial charge on any atom is -0.466 e. The maximum absolute atomic E-state index is 13.5.